The highest BCUT2D eigenvalue weighted by Gasteiger charge is 2.34. The number of nitrogens with zero attached hydrogens (tertiary/aromatic N) is 2. The average Bonchev–Trinajstić information content (AvgIpc) is 2.79. The third kappa shape index (κ3) is 5.11. The maximum Gasteiger partial charge on any atom is 0.271 e. The highest BCUT2D eigenvalue weighted by molar-refractivity contribution is 6.35. The standard InChI is InChI=1S/C25H20Cl2N2O4/c1-4-9-29-24(30)19(15(2)20(13-28)25(29)31)10-16-5-8-22(23(11-16)32-3)33-14-17-6-7-18(26)12-21(17)27/h4-8,10-12H,1,9,14H2,2-3H3/b19-10+. The third-order valence-electron chi connectivity index (χ3n) is 5.03. The molecular weight excluding hydrogens is 463 g/mol. The molecular formula is C25H20Cl2N2O4. The van der Waals surface area contributed by atoms with Crippen LogP contribution in [0.1, 0.15) is 18.1 Å². The molecule has 0 saturated carbocycles. The molecule has 0 aliphatic carbocycles. The number of hydrogen-bond acceptors (Lipinski definition) is 5. The van der Waals surface area contributed by atoms with Gasteiger partial charge in [0.05, 0.1) is 7.11 Å². The molecule has 168 valence electrons. The summed E-state index contributed by atoms with van der Waals surface area (Å²) in [6.07, 6.45) is 3.05. The second-order valence-electron chi connectivity index (χ2n) is 7.11. The van der Waals surface area contributed by atoms with Crippen LogP contribution in [-0.2, 0) is 16.2 Å². The number of nitriles is 1. The Kier molecular flexibility index (Phi) is 7.59. The smallest absolute Gasteiger partial charge is 0.271 e. The molecule has 1 aliphatic rings. The molecule has 33 heavy (non-hydrogen) atoms. The summed E-state index contributed by atoms with van der Waals surface area (Å²) in [7, 11) is 1.50. The Morgan fingerprint density at radius 1 is 1.12 bits per heavy atom. The Morgan fingerprint density at radius 3 is 2.52 bits per heavy atom. The molecule has 0 spiro atoms. The SMILES string of the molecule is C=CCN1C(=O)C(C#N)=C(C)/C(=C\c2ccc(OCc3ccc(Cl)cc3Cl)c(OC)c2)C1=O. The predicted octanol–water partition coefficient (Wildman–Crippen LogP) is 5.36. The molecule has 1 heterocycles. The molecule has 0 N–H and O–H groups in total. The molecule has 0 unspecified atom stereocenters. The van der Waals surface area contributed by atoms with E-state index < -0.39 is 11.8 Å². The van der Waals surface area contributed by atoms with Crippen LogP contribution >= 0.6 is 23.2 Å². The highest BCUT2D eigenvalue weighted by Crippen LogP contribution is 2.33. The molecule has 0 saturated heterocycles. The summed E-state index contributed by atoms with van der Waals surface area (Å²) in [4.78, 5) is 26.3. The molecule has 6 nitrogen and oxygen atoms in total. The summed E-state index contributed by atoms with van der Waals surface area (Å²) in [5, 5.41) is 10.5. The number of ether oxygens (including phenoxy) is 2. The first-order chi connectivity index (χ1) is 15.8. The van der Waals surface area contributed by atoms with Crippen LogP contribution < -0.4 is 9.47 Å². The minimum Gasteiger partial charge on any atom is -0.493 e. The van der Waals surface area contributed by atoms with E-state index in [1.165, 1.54) is 13.2 Å². The number of halogens is 2. The fraction of sp³-hybridized carbons (Fsp3) is 0.160. The molecule has 8 heteroatoms. The Morgan fingerprint density at radius 2 is 1.88 bits per heavy atom. The van der Waals surface area contributed by atoms with E-state index in [1.807, 2.05) is 6.07 Å². The van der Waals surface area contributed by atoms with Crippen molar-refractivity contribution in [2.75, 3.05) is 13.7 Å². The van der Waals surface area contributed by atoms with Crippen molar-refractivity contribution in [1.82, 2.24) is 4.90 Å². The first-order valence-electron chi connectivity index (χ1n) is 9.85. The van der Waals surface area contributed by atoms with Crippen LogP contribution in [0.5, 0.6) is 11.5 Å². The van der Waals surface area contributed by atoms with Crippen molar-refractivity contribution >= 4 is 41.1 Å². The van der Waals surface area contributed by atoms with Crippen molar-refractivity contribution in [3.63, 3.8) is 0 Å². The minimum absolute atomic E-state index is 0.0107. The molecule has 2 amide bonds. The van der Waals surface area contributed by atoms with Crippen molar-refractivity contribution in [3.05, 3.63) is 86.9 Å². The van der Waals surface area contributed by atoms with Gasteiger partial charge in [-0.25, -0.2) is 0 Å². The van der Waals surface area contributed by atoms with Gasteiger partial charge in [-0.2, -0.15) is 5.26 Å². The number of amides is 2. The van der Waals surface area contributed by atoms with Gasteiger partial charge in [0, 0.05) is 27.7 Å². The van der Waals surface area contributed by atoms with E-state index in [0.717, 1.165) is 10.5 Å². The maximum absolute atomic E-state index is 12.9. The van der Waals surface area contributed by atoms with E-state index >= 15 is 0 Å². The van der Waals surface area contributed by atoms with Gasteiger partial charge in [0.15, 0.2) is 11.5 Å². The zero-order valence-electron chi connectivity index (χ0n) is 18.0. The van der Waals surface area contributed by atoms with E-state index in [0.29, 0.717) is 32.7 Å². The first kappa shape index (κ1) is 24.1. The Balaban J connectivity index is 1.92. The number of hydrogen-bond donors (Lipinski definition) is 0. The second-order valence-corrected chi connectivity index (χ2v) is 7.96. The molecule has 0 bridgehead atoms. The lowest BCUT2D eigenvalue weighted by molar-refractivity contribution is -0.139. The molecule has 2 aromatic rings. The van der Waals surface area contributed by atoms with Gasteiger partial charge in [0.25, 0.3) is 11.8 Å². The summed E-state index contributed by atoms with van der Waals surface area (Å²) in [5.41, 5.74) is 1.89. The fourth-order valence-corrected chi connectivity index (χ4v) is 3.74. The lowest BCUT2D eigenvalue weighted by Crippen LogP contribution is -2.42. The van der Waals surface area contributed by atoms with Gasteiger partial charge < -0.3 is 9.47 Å². The predicted molar refractivity (Wildman–Crippen MR) is 127 cm³/mol. The molecule has 0 radical (unpaired) electrons. The van der Waals surface area contributed by atoms with Crippen LogP contribution in [0.2, 0.25) is 10.0 Å². The molecule has 0 fully saturated rings. The van der Waals surface area contributed by atoms with Crippen molar-refractivity contribution in [2.45, 2.75) is 13.5 Å². The lowest BCUT2D eigenvalue weighted by atomic mass is 9.93. The van der Waals surface area contributed by atoms with E-state index in [2.05, 4.69) is 6.58 Å². The van der Waals surface area contributed by atoms with Crippen LogP contribution in [0.3, 0.4) is 0 Å². The van der Waals surface area contributed by atoms with Gasteiger partial charge in [-0.05, 0) is 48.4 Å². The topological polar surface area (TPSA) is 79.6 Å². The van der Waals surface area contributed by atoms with E-state index in [-0.39, 0.29) is 24.3 Å². The molecule has 3 rings (SSSR count). The Labute approximate surface area is 201 Å². The van der Waals surface area contributed by atoms with E-state index in [1.54, 1.807) is 49.4 Å². The fourth-order valence-electron chi connectivity index (χ4n) is 3.28. The first-order valence-corrected chi connectivity index (χ1v) is 10.6. The number of benzene rings is 2. The number of imide groups is 1. The van der Waals surface area contributed by atoms with Crippen molar-refractivity contribution in [3.8, 4) is 17.6 Å². The molecule has 0 atom stereocenters. The van der Waals surface area contributed by atoms with Gasteiger partial charge in [-0.3, -0.25) is 14.5 Å². The molecule has 0 aromatic heterocycles. The van der Waals surface area contributed by atoms with Crippen LogP contribution in [0.25, 0.3) is 6.08 Å². The van der Waals surface area contributed by atoms with Crippen LogP contribution in [0.4, 0.5) is 0 Å². The summed E-state index contributed by atoms with van der Waals surface area (Å²) < 4.78 is 11.3. The van der Waals surface area contributed by atoms with Crippen molar-refractivity contribution in [2.24, 2.45) is 0 Å². The zero-order chi connectivity index (χ0) is 24.1. The van der Waals surface area contributed by atoms with Gasteiger partial charge in [-0.15, -0.1) is 6.58 Å². The normalized spacial score (nSPS) is 15.0. The monoisotopic (exact) mass is 482 g/mol. The van der Waals surface area contributed by atoms with Gasteiger partial charge >= 0.3 is 0 Å². The quantitative estimate of drug-likeness (QED) is 0.301. The van der Waals surface area contributed by atoms with Crippen LogP contribution in [0.15, 0.2) is 65.8 Å². The maximum atomic E-state index is 12.9. The number of rotatable bonds is 7. The largest absolute Gasteiger partial charge is 0.493 e. The molecule has 1 aliphatic heterocycles. The zero-order valence-corrected chi connectivity index (χ0v) is 19.5. The van der Waals surface area contributed by atoms with Crippen molar-refractivity contribution in [1.29, 1.82) is 5.26 Å². The third-order valence-corrected chi connectivity index (χ3v) is 5.62. The average molecular weight is 483 g/mol. The highest BCUT2D eigenvalue weighted by atomic mass is 35.5. The van der Waals surface area contributed by atoms with Gasteiger partial charge in [-0.1, -0.05) is 41.4 Å². The Bertz CT molecular complexity index is 1240. The lowest BCUT2D eigenvalue weighted by Gasteiger charge is -2.26. The van der Waals surface area contributed by atoms with Crippen LogP contribution in [0, 0.1) is 11.3 Å². The Hall–Kier alpha value is -3.53. The number of carbonyl (C=O) groups excluding carboxylic acids is 2. The summed E-state index contributed by atoms with van der Waals surface area (Å²) in [6.45, 7) is 5.37. The number of methoxy groups -OCH3 is 1. The van der Waals surface area contributed by atoms with Crippen molar-refractivity contribution < 1.29 is 19.1 Å². The molecule has 2 aromatic carbocycles. The minimum atomic E-state index is -0.626. The summed E-state index contributed by atoms with van der Waals surface area (Å²) in [6, 6.07) is 12.2. The second kappa shape index (κ2) is 10.4. The van der Waals surface area contributed by atoms with E-state index in [9.17, 15) is 14.9 Å². The van der Waals surface area contributed by atoms with E-state index in [4.69, 9.17) is 32.7 Å². The summed E-state index contributed by atoms with van der Waals surface area (Å²) >= 11 is 12.1. The summed E-state index contributed by atoms with van der Waals surface area (Å²) in [5.74, 6) is -0.194. The van der Waals surface area contributed by atoms with Crippen LogP contribution in [-0.4, -0.2) is 30.4 Å². The number of carbonyl (C=O) groups is 2. The van der Waals surface area contributed by atoms with Gasteiger partial charge in [0.2, 0.25) is 0 Å². The van der Waals surface area contributed by atoms with Gasteiger partial charge in [0.1, 0.15) is 18.2 Å².